The number of rotatable bonds is 5. The second-order valence-corrected chi connectivity index (χ2v) is 9.50. The molecule has 0 aliphatic carbocycles. The molecule has 0 amide bonds. The van der Waals surface area contributed by atoms with Gasteiger partial charge in [-0.2, -0.15) is 0 Å². The van der Waals surface area contributed by atoms with Crippen LogP contribution in [-0.4, -0.2) is 31.1 Å². The Morgan fingerprint density at radius 1 is 0.938 bits per heavy atom. The summed E-state index contributed by atoms with van der Waals surface area (Å²) in [6.45, 7) is 13.0. The van der Waals surface area contributed by atoms with Crippen molar-refractivity contribution in [3.05, 3.63) is 104 Å². The summed E-state index contributed by atoms with van der Waals surface area (Å²) in [6.07, 6.45) is 0. The molecule has 0 N–H and O–H groups in total. The Labute approximate surface area is 204 Å². The van der Waals surface area contributed by atoms with Crippen LogP contribution in [0.15, 0.2) is 66.7 Å². The van der Waals surface area contributed by atoms with Crippen molar-refractivity contribution >= 4 is 46.2 Å². The topological polar surface area (TPSA) is 10.8 Å². The first kappa shape index (κ1) is 23.0. The Hall–Kier alpha value is -2.22. The zero-order valence-electron chi connectivity index (χ0n) is 17.8. The van der Waals surface area contributed by atoms with Crippen LogP contribution in [0.3, 0.4) is 0 Å². The quantitative estimate of drug-likeness (QED) is 0.341. The van der Waals surface area contributed by atoms with Crippen molar-refractivity contribution in [3.8, 4) is 0 Å². The van der Waals surface area contributed by atoms with Crippen LogP contribution in [0.25, 0.3) is 4.85 Å². The molecule has 164 valence electrons. The number of piperazine rings is 1. The minimum Gasteiger partial charge on any atom is -0.361 e. The lowest BCUT2D eigenvalue weighted by Crippen LogP contribution is -2.49. The molecule has 3 aromatic carbocycles. The minimum atomic E-state index is 0.149. The van der Waals surface area contributed by atoms with E-state index in [0.29, 0.717) is 21.7 Å². The van der Waals surface area contributed by atoms with Gasteiger partial charge < -0.3 is 4.90 Å². The van der Waals surface area contributed by atoms with Crippen molar-refractivity contribution < 1.29 is 0 Å². The molecule has 1 heterocycles. The van der Waals surface area contributed by atoms with E-state index in [1.165, 1.54) is 11.1 Å². The molecule has 3 aromatic rings. The van der Waals surface area contributed by atoms with E-state index in [-0.39, 0.29) is 6.04 Å². The van der Waals surface area contributed by atoms with E-state index in [9.17, 15) is 0 Å². The fourth-order valence-corrected chi connectivity index (χ4v) is 4.99. The van der Waals surface area contributed by atoms with Gasteiger partial charge in [0.2, 0.25) is 0 Å². The zero-order chi connectivity index (χ0) is 22.7. The smallest absolute Gasteiger partial charge is 0.187 e. The van der Waals surface area contributed by atoms with E-state index >= 15 is 0 Å². The van der Waals surface area contributed by atoms with E-state index in [1.807, 2.05) is 36.4 Å². The highest BCUT2D eigenvalue weighted by Crippen LogP contribution is 2.37. The average Bonchev–Trinajstić information content (AvgIpc) is 2.80. The van der Waals surface area contributed by atoms with E-state index in [2.05, 4.69) is 45.8 Å². The molecule has 1 fully saturated rings. The fourth-order valence-electron chi connectivity index (χ4n) is 4.35. The third-order valence-electron chi connectivity index (χ3n) is 6.06. The molecule has 0 radical (unpaired) electrons. The van der Waals surface area contributed by atoms with Crippen LogP contribution in [-0.2, 0) is 0 Å². The standard InChI is InChI=1S/C26H24Cl3N3/c1-18(19-5-10-23(30-2)11-6-19)16-31-13-14-32(25-12-9-22(28)15-24(25)29)26(17-31)20-3-7-21(27)8-4-20/h3-12,15,18,26H,13-14,16-17H2,1H3/t18-,26?/m1/s1. The zero-order valence-corrected chi connectivity index (χ0v) is 20.1. The Morgan fingerprint density at radius 3 is 2.28 bits per heavy atom. The van der Waals surface area contributed by atoms with Gasteiger partial charge in [0.05, 0.1) is 23.3 Å². The third-order valence-corrected chi connectivity index (χ3v) is 6.85. The molecule has 32 heavy (non-hydrogen) atoms. The Bertz CT molecular complexity index is 1110. The summed E-state index contributed by atoms with van der Waals surface area (Å²) in [5.74, 6) is 0.367. The third kappa shape index (κ3) is 5.22. The van der Waals surface area contributed by atoms with Crippen molar-refractivity contribution in [1.29, 1.82) is 0 Å². The normalized spacial score (nSPS) is 17.7. The summed E-state index contributed by atoms with van der Waals surface area (Å²) >= 11 is 18.9. The number of benzene rings is 3. The van der Waals surface area contributed by atoms with Crippen LogP contribution < -0.4 is 4.90 Å². The van der Waals surface area contributed by atoms with E-state index in [0.717, 1.165) is 36.9 Å². The Balaban J connectivity index is 1.56. The highest BCUT2D eigenvalue weighted by molar-refractivity contribution is 6.36. The maximum Gasteiger partial charge on any atom is 0.187 e. The summed E-state index contributed by atoms with van der Waals surface area (Å²) in [7, 11) is 0. The largest absolute Gasteiger partial charge is 0.361 e. The second-order valence-electron chi connectivity index (χ2n) is 8.22. The lowest BCUT2D eigenvalue weighted by molar-refractivity contribution is 0.214. The molecule has 0 saturated carbocycles. The number of halogens is 3. The molecule has 0 aromatic heterocycles. The highest BCUT2D eigenvalue weighted by Gasteiger charge is 2.30. The molecule has 0 spiro atoms. The second kappa shape index (κ2) is 10.1. The maximum atomic E-state index is 7.15. The molecular formula is C26H24Cl3N3. The average molecular weight is 485 g/mol. The molecule has 6 heteroatoms. The van der Waals surface area contributed by atoms with Gasteiger partial charge in [-0.25, -0.2) is 4.85 Å². The van der Waals surface area contributed by atoms with Gasteiger partial charge in [-0.15, -0.1) is 0 Å². The van der Waals surface area contributed by atoms with E-state index in [1.54, 1.807) is 6.07 Å². The molecule has 2 atom stereocenters. The molecule has 0 bridgehead atoms. The molecule has 4 rings (SSSR count). The van der Waals surface area contributed by atoms with Crippen LogP contribution in [0.4, 0.5) is 11.4 Å². The summed E-state index contributed by atoms with van der Waals surface area (Å²) in [5, 5.41) is 2.03. The molecule has 1 unspecified atom stereocenters. The number of anilines is 1. The van der Waals surface area contributed by atoms with Crippen molar-refractivity contribution in [3.63, 3.8) is 0 Å². The predicted molar refractivity (Wildman–Crippen MR) is 136 cm³/mol. The van der Waals surface area contributed by atoms with Crippen molar-refractivity contribution in [2.24, 2.45) is 0 Å². The first-order valence-electron chi connectivity index (χ1n) is 10.6. The first-order valence-corrected chi connectivity index (χ1v) is 11.7. The maximum absolute atomic E-state index is 7.15. The highest BCUT2D eigenvalue weighted by atomic mass is 35.5. The van der Waals surface area contributed by atoms with Crippen LogP contribution in [0.2, 0.25) is 15.1 Å². The van der Waals surface area contributed by atoms with Gasteiger partial charge in [0.15, 0.2) is 5.69 Å². The van der Waals surface area contributed by atoms with Crippen molar-refractivity contribution in [2.45, 2.75) is 18.9 Å². The predicted octanol–water partition coefficient (Wildman–Crippen LogP) is 7.86. The summed E-state index contributed by atoms with van der Waals surface area (Å²) in [6, 6.07) is 21.9. The molecule has 1 saturated heterocycles. The first-order chi connectivity index (χ1) is 15.4. The Kier molecular flexibility index (Phi) is 7.28. The van der Waals surface area contributed by atoms with Crippen LogP contribution >= 0.6 is 34.8 Å². The summed E-state index contributed by atoms with van der Waals surface area (Å²) < 4.78 is 0. The molecule has 3 nitrogen and oxygen atoms in total. The van der Waals surface area contributed by atoms with Gasteiger partial charge >= 0.3 is 0 Å². The SMILES string of the molecule is [C-]#[N+]c1ccc([C@H](C)CN2CCN(c3ccc(Cl)cc3Cl)C(c3ccc(Cl)cc3)C2)cc1. The van der Waals surface area contributed by atoms with Gasteiger partial charge in [-0.05, 0) is 47.4 Å². The lowest BCUT2D eigenvalue weighted by atomic mass is 9.97. The van der Waals surface area contributed by atoms with Gasteiger partial charge in [0, 0.05) is 36.2 Å². The molecule has 1 aliphatic rings. The van der Waals surface area contributed by atoms with E-state index in [4.69, 9.17) is 41.4 Å². The van der Waals surface area contributed by atoms with Crippen LogP contribution in [0, 0.1) is 6.57 Å². The van der Waals surface area contributed by atoms with Crippen molar-refractivity contribution in [2.75, 3.05) is 31.1 Å². The van der Waals surface area contributed by atoms with Crippen LogP contribution in [0.5, 0.6) is 0 Å². The number of nitrogens with zero attached hydrogens (tertiary/aromatic N) is 3. The van der Waals surface area contributed by atoms with Gasteiger partial charge in [-0.1, -0.05) is 78.1 Å². The summed E-state index contributed by atoms with van der Waals surface area (Å²) in [4.78, 5) is 8.37. The fraction of sp³-hybridized carbons (Fsp3) is 0.269. The monoisotopic (exact) mass is 483 g/mol. The molecule has 1 aliphatic heterocycles. The van der Waals surface area contributed by atoms with Gasteiger partial charge in [0.1, 0.15) is 0 Å². The summed E-state index contributed by atoms with van der Waals surface area (Å²) in [5.41, 5.74) is 4.14. The Morgan fingerprint density at radius 2 is 1.62 bits per heavy atom. The van der Waals surface area contributed by atoms with Crippen molar-refractivity contribution in [1.82, 2.24) is 4.90 Å². The number of hydrogen-bond acceptors (Lipinski definition) is 2. The van der Waals surface area contributed by atoms with E-state index < -0.39 is 0 Å². The molecular weight excluding hydrogens is 461 g/mol. The van der Waals surface area contributed by atoms with Gasteiger partial charge in [-0.3, -0.25) is 4.90 Å². The minimum absolute atomic E-state index is 0.149. The van der Waals surface area contributed by atoms with Gasteiger partial charge in [0.25, 0.3) is 0 Å². The lowest BCUT2D eigenvalue weighted by Gasteiger charge is -2.44. The van der Waals surface area contributed by atoms with Crippen LogP contribution in [0.1, 0.15) is 30.0 Å². The number of hydrogen-bond donors (Lipinski definition) is 0.